The smallest absolute Gasteiger partial charge is 0.0875 e. The van der Waals surface area contributed by atoms with E-state index >= 15 is 0 Å². The summed E-state index contributed by atoms with van der Waals surface area (Å²) in [6.07, 6.45) is 4.90. The van der Waals surface area contributed by atoms with Gasteiger partial charge in [0.15, 0.2) is 0 Å². The maximum absolute atomic E-state index is 3.48. The van der Waals surface area contributed by atoms with Crippen LogP contribution in [0.3, 0.4) is 0 Å². The van der Waals surface area contributed by atoms with Gasteiger partial charge in [0.05, 0.1) is 18.5 Å². The Balaban J connectivity index is 1.63. The fraction of sp³-hybridized carbons (Fsp3) is 0.391. The van der Waals surface area contributed by atoms with E-state index in [-0.39, 0.29) is 0 Å². The van der Waals surface area contributed by atoms with Crippen LogP contribution in [0.15, 0.2) is 54.7 Å². The molecule has 0 spiro atoms. The zero-order chi connectivity index (χ0) is 18.6. The maximum atomic E-state index is 3.48. The van der Waals surface area contributed by atoms with E-state index in [0.29, 0.717) is 5.92 Å². The zero-order valence-electron chi connectivity index (χ0n) is 16.3. The molecule has 27 heavy (non-hydrogen) atoms. The number of aromatic nitrogens is 1. The Morgan fingerprint density at radius 2 is 1.81 bits per heavy atom. The van der Waals surface area contributed by atoms with Crippen molar-refractivity contribution in [2.75, 3.05) is 37.0 Å². The second kappa shape index (κ2) is 8.41. The molecule has 2 heterocycles. The van der Waals surface area contributed by atoms with Crippen molar-refractivity contribution in [3.63, 3.8) is 0 Å². The number of rotatable bonds is 6. The third-order valence-corrected chi connectivity index (χ3v) is 6.83. The molecule has 4 rings (SSSR count). The van der Waals surface area contributed by atoms with Crippen LogP contribution in [-0.2, 0) is 0 Å². The van der Waals surface area contributed by atoms with Crippen LogP contribution in [0.5, 0.6) is 0 Å². The molecule has 0 aliphatic carbocycles. The summed E-state index contributed by atoms with van der Waals surface area (Å²) in [5.74, 6) is 3.04. The number of para-hydroxylation sites is 1. The first-order chi connectivity index (χ1) is 13.2. The van der Waals surface area contributed by atoms with Gasteiger partial charge in [0.25, 0.3) is 0 Å². The molecule has 1 fully saturated rings. The molecule has 0 saturated carbocycles. The lowest BCUT2D eigenvalue weighted by Gasteiger charge is -2.23. The van der Waals surface area contributed by atoms with Crippen LogP contribution in [0.2, 0.25) is 0 Å². The van der Waals surface area contributed by atoms with Gasteiger partial charge < -0.3 is 15.2 Å². The number of H-pyrrole nitrogens is 1. The highest BCUT2D eigenvalue weighted by molar-refractivity contribution is 7.99. The highest BCUT2D eigenvalue weighted by Gasteiger charge is 2.23. The normalized spacial score (nSPS) is 16.5. The van der Waals surface area contributed by atoms with Crippen LogP contribution in [-0.4, -0.2) is 43.2 Å². The van der Waals surface area contributed by atoms with Crippen molar-refractivity contribution >= 4 is 28.4 Å². The summed E-state index contributed by atoms with van der Waals surface area (Å²) in [6.45, 7) is 1.11. The average Bonchev–Trinajstić information content (AvgIpc) is 3.13. The molecule has 1 aliphatic rings. The predicted octanol–water partition coefficient (Wildman–Crippen LogP) is 3.82. The van der Waals surface area contributed by atoms with Gasteiger partial charge >= 0.3 is 0 Å². The van der Waals surface area contributed by atoms with Crippen molar-refractivity contribution in [3.05, 3.63) is 65.9 Å². The highest BCUT2D eigenvalue weighted by atomic mass is 32.2. The largest absolute Gasteiger partial charge is 0.378 e. The Labute approximate surface area is 166 Å². The van der Waals surface area contributed by atoms with E-state index < -0.39 is 0 Å². The summed E-state index contributed by atoms with van der Waals surface area (Å²) in [6, 6.07) is 18.6. The van der Waals surface area contributed by atoms with Crippen LogP contribution in [0, 0.1) is 0 Å². The summed E-state index contributed by atoms with van der Waals surface area (Å²) in [7, 11) is 4.20. The van der Waals surface area contributed by atoms with Crippen molar-refractivity contribution in [1.29, 1.82) is 0 Å². The average molecular weight is 381 g/mol. The van der Waals surface area contributed by atoms with Gasteiger partial charge in [-0.3, -0.25) is 0 Å². The van der Waals surface area contributed by atoms with Crippen molar-refractivity contribution in [2.45, 2.75) is 24.8 Å². The van der Waals surface area contributed by atoms with Gasteiger partial charge in [-0.05, 0) is 40.8 Å². The third kappa shape index (κ3) is 4.17. The Morgan fingerprint density at radius 1 is 1.07 bits per heavy atom. The number of quaternary nitrogens is 1. The second-order valence-electron chi connectivity index (χ2n) is 7.75. The first kappa shape index (κ1) is 18.5. The Kier molecular flexibility index (Phi) is 5.74. The van der Waals surface area contributed by atoms with Gasteiger partial charge in [0, 0.05) is 49.7 Å². The number of nitrogens with zero attached hydrogens (tertiary/aromatic N) is 1. The van der Waals surface area contributed by atoms with Crippen LogP contribution in [0.1, 0.15) is 29.9 Å². The van der Waals surface area contributed by atoms with Crippen LogP contribution in [0.4, 0.5) is 5.69 Å². The van der Waals surface area contributed by atoms with E-state index in [1.165, 1.54) is 52.1 Å². The monoisotopic (exact) mass is 380 g/mol. The lowest BCUT2D eigenvalue weighted by molar-refractivity contribution is -0.691. The number of fused-ring (bicyclic) bond motifs is 1. The topological polar surface area (TPSA) is 35.6 Å². The van der Waals surface area contributed by atoms with Gasteiger partial charge in [-0.1, -0.05) is 30.3 Å². The molecule has 0 radical (unpaired) electrons. The molecule has 142 valence electrons. The van der Waals surface area contributed by atoms with E-state index in [1.807, 2.05) is 0 Å². The molecular formula is C23H30N3S+. The van der Waals surface area contributed by atoms with Crippen molar-refractivity contribution < 1.29 is 5.32 Å². The quantitative estimate of drug-likeness (QED) is 0.682. The molecule has 1 saturated heterocycles. The first-order valence-electron chi connectivity index (χ1n) is 9.97. The molecule has 3 nitrogen and oxygen atoms in total. The highest BCUT2D eigenvalue weighted by Crippen LogP contribution is 2.31. The number of aromatic amines is 1. The Bertz CT molecular complexity index is 863. The summed E-state index contributed by atoms with van der Waals surface area (Å²) >= 11 is 2.10. The van der Waals surface area contributed by atoms with Gasteiger partial charge in [-0.25, -0.2) is 0 Å². The number of nitrogens with two attached hydrogens (primary N) is 1. The molecule has 0 bridgehead atoms. The number of nitrogens with one attached hydrogen (secondary N) is 1. The Morgan fingerprint density at radius 3 is 2.56 bits per heavy atom. The molecule has 3 N–H and O–H groups in total. The summed E-state index contributed by atoms with van der Waals surface area (Å²) in [5.41, 5.74) is 5.32. The van der Waals surface area contributed by atoms with E-state index in [2.05, 4.69) is 95.8 Å². The number of hydrogen-bond donors (Lipinski definition) is 2. The zero-order valence-corrected chi connectivity index (χ0v) is 17.1. The van der Waals surface area contributed by atoms with Crippen molar-refractivity contribution in [1.82, 2.24) is 4.98 Å². The summed E-state index contributed by atoms with van der Waals surface area (Å²) in [5, 5.41) is 3.96. The van der Waals surface area contributed by atoms with Gasteiger partial charge in [0.1, 0.15) is 0 Å². The van der Waals surface area contributed by atoms with Gasteiger partial charge in [0.2, 0.25) is 0 Å². The van der Waals surface area contributed by atoms with Crippen molar-refractivity contribution in [3.8, 4) is 0 Å². The minimum absolute atomic E-state index is 0.409. The molecule has 3 aromatic rings. The number of anilines is 1. The minimum Gasteiger partial charge on any atom is -0.378 e. The van der Waals surface area contributed by atoms with Crippen LogP contribution < -0.4 is 10.2 Å². The van der Waals surface area contributed by atoms with Crippen molar-refractivity contribution in [2.24, 2.45) is 0 Å². The standard InChI is InChI=1S/C23H29N3S/c1-26(2)19-9-7-17(8-10-19)21(15-24-18-11-13-27-14-12-18)22-16-25-23-6-4-3-5-20(22)23/h3-10,16,18,21,24-25H,11-15H2,1-2H3/p+1/t21-/m0/s1. The lowest BCUT2D eigenvalue weighted by atomic mass is 9.90. The number of thioether (sulfide) groups is 1. The lowest BCUT2D eigenvalue weighted by Crippen LogP contribution is -2.91. The molecule has 4 heteroatoms. The fourth-order valence-corrected chi connectivity index (χ4v) is 5.25. The molecule has 0 amide bonds. The molecule has 1 aromatic heterocycles. The maximum Gasteiger partial charge on any atom is 0.0875 e. The van der Waals surface area contributed by atoms with E-state index in [4.69, 9.17) is 0 Å². The summed E-state index contributed by atoms with van der Waals surface area (Å²) in [4.78, 5) is 5.64. The molecule has 1 atom stereocenters. The summed E-state index contributed by atoms with van der Waals surface area (Å²) < 4.78 is 0. The SMILES string of the molecule is CN(C)c1ccc([C@H](C[NH2+]C2CCSCC2)c2c[nH]c3ccccc23)cc1. The van der Waals surface area contributed by atoms with Crippen LogP contribution in [0.25, 0.3) is 10.9 Å². The van der Waals surface area contributed by atoms with Gasteiger partial charge in [-0.2, -0.15) is 11.8 Å². The first-order valence-corrected chi connectivity index (χ1v) is 11.1. The fourth-order valence-electron chi connectivity index (χ4n) is 4.11. The molecule has 0 unspecified atom stereocenters. The Hall–Kier alpha value is -1.91. The van der Waals surface area contributed by atoms with E-state index in [9.17, 15) is 0 Å². The molecule has 2 aromatic carbocycles. The number of benzene rings is 2. The molecular weight excluding hydrogens is 350 g/mol. The van der Waals surface area contributed by atoms with Crippen LogP contribution >= 0.6 is 11.8 Å². The predicted molar refractivity (Wildman–Crippen MR) is 118 cm³/mol. The van der Waals surface area contributed by atoms with E-state index in [0.717, 1.165) is 12.6 Å². The third-order valence-electron chi connectivity index (χ3n) is 5.78. The molecule has 1 aliphatic heterocycles. The second-order valence-corrected chi connectivity index (χ2v) is 8.97. The van der Waals surface area contributed by atoms with E-state index in [1.54, 1.807) is 0 Å². The minimum atomic E-state index is 0.409. The number of hydrogen-bond acceptors (Lipinski definition) is 2. The van der Waals surface area contributed by atoms with Gasteiger partial charge in [-0.15, -0.1) is 0 Å².